The summed E-state index contributed by atoms with van der Waals surface area (Å²) in [6.07, 6.45) is -0.424. The molecule has 0 saturated carbocycles. The SMILES string of the molecule is CN[C@H](C(=O)N1C[C@H](O)C[C@H]1C(=O)NCc1ccc(-c2scnc2C)cc1)C(C)C. The highest BCUT2D eigenvalue weighted by atomic mass is 32.1. The van der Waals surface area contributed by atoms with Crippen molar-refractivity contribution in [1.29, 1.82) is 0 Å². The third-order valence-electron chi connectivity index (χ3n) is 5.54. The Balaban J connectivity index is 1.63. The van der Waals surface area contributed by atoms with Gasteiger partial charge in [0.2, 0.25) is 11.8 Å². The summed E-state index contributed by atoms with van der Waals surface area (Å²) < 4.78 is 0. The fourth-order valence-electron chi connectivity index (χ4n) is 3.89. The van der Waals surface area contributed by atoms with E-state index in [0.29, 0.717) is 6.54 Å². The van der Waals surface area contributed by atoms with Crippen LogP contribution in [-0.2, 0) is 16.1 Å². The van der Waals surface area contributed by atoms with Crippen molar-refractivity contribution < 1.29 is 14.7 Å². The Hall–Kier alpha value is -2.29. The molecular formula is C22H30N4O3S. The fraction of sp³-hybridized carbons (Fsp3) is 0.500. The molecule has 2 aromatic rings. The summed E-state index contributed by atoms with van der Waals surface area (Å²) in [4.78, 5) is 32.6. The van der Waals surface area contributed by atoms with Gasteiger partial charge in [-0.15, -0.1) is 11.3 Å². The molecule has 162 valence electrons. The number of thiazole rings is 1. The van der Waals surface area contributed by atoms with E-state index < -0.39 is 12.1 Å². The monoisotopic (exact) mass is 430 g/mol. The lowest BCUT2D eigenvalue weighted by Gasteiger charge is -2.29. The van der Waals surface area contributed by atoms with E-state index in [1.165, 1.54) is 4.90 Å². The normalized spacial score (nSPS) is 19.9. The zero-order valence-electron chi connectivity index (χ0n) is 17.9. The van der Waals surface area contributed by atoms with Crippen molar-refractivity contribution in [2.45, 2.75) is 51.9 Å². The summed E-state index contributed by atoms with van der Waals surface area (Å²) >= 11 is 1.61. The van der Waals surface area contributed by atoms with Gasteiger partial charge in [-0.1, -0.05) is 38.1 Å². The number of carbonyl (C=O) groups excluding carboxylic acids is 2. The number of hydrogen-bond acceptors (Lipinski definition) is 6. The lowest BCUT2D eigenvalue weighted by molar-refractivity contribution is -0.140. The first-order valence-electron chi connectivity index (χ1n) is 10.2. The number of hydrogen-bond donors (Lipinski definition) is 3. The molecule has 0 unspecified atom stereocenters. The van der Waals surface area contributed by atoms with Gasteiger partial charge in [-0.2, -0.15) is 0 Å². The molecule has 30 heavy (non-hydrogen) atoms. The standard InChI is InChI=1S/C22H30N4O3S/c1-13(2)19(23-4)22(29)26-11-17(27)9-18(26)21(28)24-10-15-5-7-16(8-6-15)20-14(3)25-12-30-20/h5-8,12-13,17-19,23,27H,9-11H2,1-4H3,(H,24,28)/t17-,18+,19+/m1/s1. The molecule has 3 atom stereocenters. The molecule has 3 rings (SSSR count). The van der Waals surface area contributed by atoms with Crippen molar-refractivity contribution in [3.63, 3.8) is 0 Å². The number of β-amino-alcohol motifs (C(OH)–C–C–N with tert-alkyl or cyclic N) is 1. The summed E-state index contributed by atoms with van der Waals surface area (Å²) in [6.45, 7) is 6.46. The zero-order chi connectivity index (χ0) is 21.8. The van der Waals surface area contributed by atoms with Gasteiger partial charge in [-0.05, 0) is 31.0 Å². The van der Waals surface area contributed by atoms with Crippen molar-refractivity contribution >= 4 is 23.2 Å². The van der Waals surface area contributed by atoms with E-state index in [0.717, 1.165) is 21.7 Å². The second kappa shape index (κ2) is 9.68. The average molecular weight is 431 g/mol. The van der Waals surface area contributed by atoms with E-state index >= 15 is 0 Å². The molecule has 0 spiro atoms. The highest BCUT2D eigenvalue weighted by Gasteiger charge is 2.41. The third kappa shape index (κ3) is 4.88. The maximum atomic E-state index is 12.9. The summed E-state index contributed by atoms with van der Waals surface area (Å²) in [7, 11) is 1.74. The number of aromatic nitrogens is 1. The Morgan fingerprint density at radius 3 is 2.57 bits per heavy atom. The molecule has 2 amide bonds. The predicted octanol–water partition coefficient (Wildman–Crippen LogP) is 1.94. The number of amides is 2. The van der Waals surface area contributed by atoms with Crippen molar-refractivity contribution in [1.82, 2.24) is 20.5 Å². The van der Waals surface area contributed by atoms with E-state index in [-0.39, 0.29) is 36.7 Å². The molecule has 2 heterocycles. The van der Waals surface area contributed by atoms with Crippen LogP contribution in [0.3, 0.4) is 0 Å². The Bertz CT molecular complexity index is 881. The van der Waals surface area contributed by atoms with Crippen LogP contribution in [0, 0.1) is 12.8 Å². The van der Waals surface area contributed by atoms with Crippen LogP contribution in [0.15, 0.2) is 29.8 Å². The summed E-state index contributed by atoms with van der Waals surface area (Å²) in [5, 5.41) is 16.0. The maximum Gasteiger partial charge on any atom is 0.243 e. The molecule has 3 N–H and O–H groups in total. The number of rotatable bonds is 7. The van der Waals surface area contributed by atoms with Crippen LogP contribution in [-0.4, -0.2) is 58.6 Å². The second-order valence-electron chi connectivity index (χ2n) is 8.09. The number of nitrogens with one attached hydrogen (secondary N) is 2. The minimum absolute atomic E-state index is 0.0876. The van der Waals surface area contributed by atoms with Gasteiger partial charge in [-0.25, -0.2) is 4.98 Å². The number of nitrogens with zero attached hydrogens (tertiary/aromatic N) is 2. The quantitative estimate of drug-likeness (QED) is 0.624. The molecule has 0 radical (unpaired) electrons. The summed E-state index contributed by atoms with van der Waals surface area (Å²) in [5.74, 6) is -0.293. The van der Waals surface area contributed by atoms with Crippen molar-refractivity contribution in [2.75, 3.05) is 13.6 Å². The van der Waals surface area contributed by atoms with E-state index in [1.54, 1.807) is 18.4 Å². The van der Waals surface area contributed by atoms with E-state index in [4.69, 9.17) is 0 Å². The zero-order valence-corrected chi connectivity index (χ0v) is 18.7. The molecule has 0 bridgehead atoms. The highest BCUT2D eigenvalue weighted by molar-refractivity contribution is 7.13. The Morgan fingerprint density at radius 2 is 2.00 bits per heavy atom. The molecule has 7 nitrogen and oxygen atoms in total. The number of aliphatic hydroxyl groups is 1. The first-order valence-corrected chi connectivity index (χ1v) is 11.1. The van der Waals surface area contributed by atoms with Crippen molar-refractivity contribution in [3.05, 3.63) is 41.0 Å². The molecule has 1 aliphatic rings. The van der Waals surface area contributed by atoms with Gasteiger partial charge < -0.3 is 20.6 Å². The van der Waals surface area contributed by atoms with Crippen molar-refractivity contribution in [2.24, 2.45) is 5.92 Å². The Morgan fingerprint density at radius 1 is 1.30 bits per heavy atom. The van der Waals surface area contributed by atoms with Gasteiger partial charge in [0.25, 0.3) is 0 Å². The van der Waals surface area contributed by atoms with E-state index in [2.05, 4.69) is 15.6 Å². The fourth-order valence-corrected chi connectivity index (χ4v) is 4.70. The van der Waals surface area contributed by atoms with Gasteiger partial charge in [-0.3, -0.25) is 9.59 Å². The number of likely N-dealkylation sites (tertiary alicyclic amines) is 1. The first-order chi connectivity index (χ1) is 14.3. The molecular weight excluding hydrogens is 400 g/mol. The summed E-state index contributed by atoms with van der Waals surface area (Å²) in [6, 6.07) is 6.98. The van der Waals surface area contributed by atoms with Gasteiger partial charge in [0.05, 0.1) is 28.2 Å². The molecule has 1 fully saturated rings. The molecule has 1 aromatic heterocycles. The largest absolute Gasteiger partial charge is 0.391 e. The van der Waals surface area contributed by atoms with Gasteiger partial charge in [0.1, 0.15) is 6.04 Å². The Labute approximate surface area is 181 Å². The van der Waals surface area contributed by atoms with Crippen molar-refractivity contribution in [3.8, 4) is 10.4 Å². The number of carbonyl (C=O) groups is 2. The van der Waals surface area contributed by atoms with Gasteiger partial charge in [0.15, 0.2) is 0 Å². The van der Waals surface area contributed by atoms with E-state index in [1.807, 2.05) is 50.5 Å². The van der Waals surface area contributed by atoms with Crippen LogP contribution < -0.4 is 10.6 Å². The minimum Gasteiger partial charge on any atom is -0.391 e. The number of aryl methyl sites for hydroxylation is 1. The third-order valence-corrected chi connectivity index (χ3v) is 6.51. The van der Waals surface area contributed by atoms with Crippen LogP contribution in [0.5, 0.6) is 0 Å². The van der Waals surface area contributed by atoms with Crippen LogP contribution in [0.25, 0.3) is 10.4 Å². The van der Waals surface area contributed by atoms with Gasteiger partial charge in [0, 0.05) is 19.5 Å². The topological polar surface area (TPSA) is 94.6 Å². The lowest BCUT2D eigenvalue weighted by Crippen LogP contribution is -2.53. The van der Waals surface area contributed by atoms with E-state index in [9.17, 15) is 14.7 Å². The summed E-state index contributed by atoms with van der Waals surface area (Å²) in [5.41, 5.74) is 4.92. The second-order valence-corrected chi connectivity index (χ2v) is 8.94. The number of benzene rings is 1. The van der Waals surface area contributed by atoms with Crippen LogP contribution >= 0.6 is 11.3 Å². The first kappa shape index (κ1) is 22.4. The lowest BCUT2D eigenvalue weighted by atomic mass is 10.0. The maximum absolute atomic E-state index is 12.9. The average Bonchev–Trinajstić information content (AvgIpc) is 3.32. The minimum atomic E-state index is -0.684. The van der Waals surface area contributed by atoms with Crippen LogP contribution in [0.4, 0.5) is 0 Å². The highest BCUT2D eigenvalue weighted by Crippen LogP contribution is 2.27. The molecule has 1 aliphatic heterocycles. The molecule has 8 heteroatoms. The smallest absolute Gasteiger partial charge is 0.243 e. The van der Waals surface area contributed by atoms with Crippen LogP contribution in [0.2, 0.25) is 0 Å². The molecule has 1 aromatic carbocycles. The predicted molar refractivity (Wildman–Crippen MR) is 118 cm³/mol. The van der Waals surface area contributed by atoms with Crippen LogP contribution in [0.1, 0.15) is 31.5 Å². The number of aliphatic hydroxyl groups excluding tert-OH is 1. The Kier molecular flexibility index (Phi) is 7.23. The molecule has 0 aliphatic carbocycles. The van der Waals surface area contributed by atoms with Gasteiger partial charge >= 0.3 is 0 Å². The number of likely N-dealkylation sites (N-methyl/N-ethyl adjacent to an activating group) is 1. The molecule has 1 saturated heterocycles.